The molecule has 1 atom stereocenters. The van der Waals surface area contributed by atoms with Crippen molar-refractivity contribution in [2.24, 2.45) is 5.73 Å². The van der Waals surface area contributed by atoms with Crippen LogP contribution in [0.4, 0.5) is 5.13 Å². The van der Waals surface area contributed by atoms with Gasteiger partial charge >= 0.3 is 0 Å². The molecule has 0 amide bonds. The second kappa shape index (κ2) is 5.48. The van der Waals surface area contributed by atoms with Crippen LogP contribution in [0.3, 0.4) is 0 Å². The van der Waals surface area contributed by atoms with Crippen LogP contribution in [0.2, 0.25) is 0 Å². The third kappa shape index (κ3) is 2.81. The number of benzene rings is 1. The molecule has 0 aliphatic carbocycles. The number of rotatable bonds is 4. The van der Waals surface area contributed by atoms with E-state index in [1.165, 1.54) is 18.3 Å². The fourth-order valence-electron chi connectivity index (χ4n) is 1.73. The number of aromatic nitrogens is 1. The second-order valence-corrected chi connectivity index (χ2v) is 5.07. The number of carbonyl (C=O) groups excluding carboxylic acids is 1. The van der Waals surface area contributed by atoms with Gasteiger partial charge in [0.05, 0.1) is 10.6 Å². The Bertz CT molecular complexity index is 608. The van der Waals surface area contributed by atoms with Gasteiger partial charge in [-0.05, 0) is 11.6 Å². The summed E-state index contributed by atoms with van der Waals surface area (Å²) in [6, 6.07) is 7.09. The number of aliphatic hydroxyl groups is 1. The fourth-order valence-corrected chi connectivity index (χ4v) is 2.57. The van der Waals surface area contributed by atoms with Crippen LogP contribution in [0.25, 0.3) is 11.3 Å². The molecule has 0 aliphatic rings. The van der Waals surface area contributed by atoms with Crippen molar-refractivity contribution in [3.05, 3.63) is 34.7 Å². The lowest BCUT2D eigenvalue weighted by Gasteiger charge is -2.06. The molecule has 0 fully saturated rings. The first kappa shape index (κ1) is 13.7. The van der Waals surface area contributed by atoms with Gasteiger partial charge in [-0.25, -0.2) is 4.98 Å². The summed E-state index contributed by atoms with van der Waals surface area (Å²) in [6.45, 7) is 1.51. The Labute approximate surface area is 115 Å². The van der Waals surface area contributed by atoms with Gasteiger partial charge in [0.2, 0.25) is 0 Å². The van der Waals surface area contributed by atoms with E-state index in [0.29, 0.717) is 21.3 Å². The lowest BCUT2D eigenvalue weighted by atomic mass is 10.1. The second-order valence-electron chi connectivity index (χ2n) is 4.07. The predicted octanol–water partition coefficient (Wildman–Crippen LogP) is 2.00. The maximum absolute atomic E-state index is 11.7. The Morgan fingerprint density at radius 2 is 2.26 bits per heavy atom. The molecule has 100 valence electrons. The van der Waals surface area contributed by atoms with Gasteiger partial charge in [0.1, 0.15) is 6.23 Å². The van der Waals surface area contributed by atoms with Crippen LogP contribution < -0.4 is 11.1 Å². The standard InChI is InChI=1S/C13H15N3O2S/c1-7(17)11-10(16-13(15-2)19-11)8-4-3-5-9(6-8)12(14)18/h3-6,12,18H,14H2,1-2H3,(H,15,16). The van der Waals surface area contributed by atoms with E-state index in [1.807, 2.05) is 6.07 Å². The topological polar surface area (TPSA) is 88.2 Å². The van der Waals surface area contributed by atoms with Crippen LogP contribution in [-0.4, -0.2) is 22.9 Å². The Hall–Kier alpha value is -1.76. The molecule has 2 aromatic rings. The number of aliphatic hydroxyl groups excluding tert-OH is 1. The SMILES string of the molecule is CNc1nc(-c2cccc(C(N)O)c2)c(C(C)=O)s1. The monoisotopic (exact) mass is 277 g/mol. The summed E-state index contributed by atoms with van der Waals surface area (Å²) in [4.78, 5) is 16.6. The van der Waals surface area contributed by atoms with Gasteiger partial charge < -0.3 is 16.2 Å². The summed E-state index contributed by atoms with van der Waals surface area (Å²) in [5.74, 6) is -0.0345. The molecular weight excluding hydrogens is 262 g/mol. The number of nitrogens with two attached hydrogens (primary N) is 1. The smallest absolute Gasteiger partial charge is 0.183 e. The Morgan fingerprint density at radius 3 is 2.84 bits per heavy atom. The van der Waals surface area contributed by atoms with Gasteiger partial charge in [-0.3, -0.25) is 4.79 Å². The summed E-state index contributed by atoms with van der Waals surface area (Å²) in [5.41, 5.74) is 7.42. The predicted molar refractivity (Wildman–Crippen MR) is 76.2 cm³/mol. The third-order valence-electron chi connectivity index (χ3n) is 2.66. The Balaban J connectivity index is 2.54. The van der Waals surface area contributed by atoms with Gasteiger partial charge in [0, 0.05) is 19.5 Å². The van der Waals surface area contributed by atoms with Crippen LogP contribution in [0.5, 0.6) is 0 Å². The van der Waals surface area contributed by atoms with Crippen LogP contribution in [-0.2, 0) is 0 Å². The lowest BCUT2D eigenvalue weighted by molar-refractivity contribution is 0.102. The molecule has 1 aromatic heterocycles. The van der Waals surface area contributed by atoms with Gasteiger partial charge in [-0.15, -0.1) is 0 Å². The van der Waals surface area contributed by atoms with E-state index >= 15 is 0 Å². The van der Waals surface area contributed by atoms with Crippen LogP contribution >= 0.6 is 11.3 Å². The van der Waals surface area contributed by atoms with E-state index in [-0.39, 0.29) is 5.78 Å². The molecular formula is C13H15N3O2S. The first-order chi connectivity index (χ1) is 9.02. The van der Waals surface area contributed by atoms with Gasteiger partial charge in [-0.1, -0.05) is 29.5 Å². The fraction of sp³-hybridized carbons (Fsp3) is 0.231. The highest BCUT2D eigenvalue weighted by Crippen LogP contribution is 2.32. The van der Waals surface area contributed by atoms with Crippen LogP contribution in [0.15, 0.2) is 24.3 Å². The zero-order valence-electron chi connectivity index (χ0n) is 10.7. The maximum atomic E-state index is 11.7. The molecule has 0 radical (unpaired) electrons. The minimum Gasteiger partial charge on any atom is -0.375 e. The molecule has 0 aliphatic heterocycles. The molecule has 6 heteroatoms. The molecule has 1 heterocycles. The third-order valence-corrected chi connectivity index (χ3v) is 3.84. The maximum Gasteiger partial charge on any atom is 0.183 e. The number of thiazole rings is 1. The number of carbonyl (C=O) groups is 1. The normalized spacial score (nSPS) is 12.2. The van der Waals surface area contributed by atoms with Gasteiger partial charge in [-0.2, -0.15) is 0 Å². The highest BCUT2D eigenvalue weighted by Gasteiger charge is 2.16. The first-order valence-electron chi connectivity index (χ1n) is 5.76. The summed E-state index contributed by atoms with van der Waals surface area (Å²) in [7, 11) is 1.76. The average molecular weight is 277 g/mol. The molecule has 5 nitrogen and oxygen atoms in total. The van der Waals surface area contributed by atoms with Crippen molar-refractivity contribution >= 4 is 22.3 Å². The molecule has 0 saturated carbocycles. The number of nitrogens with one attached hydrogen (secondary N) is 1. The Morgan fingerprint density at radius 1 is 1.53 bits per heavy atom. The molecule has 1 unspecified atom stereocenters. The number of ketones is 1. The van der Waals surface area contributed by atoms with Gasteiger partial charge in [0.25, 0.3) is 0 Å². The molecule has 1 aromatic carbocycles. The van der Waals surface area contributed by atoms with E-state index in [1.54, 1.807) is 25.2 Å². The molecule has 0 bridgehead atoms. The number of nitrogens with zero attached hydrogens (tertiary/aromatic N) is 1. The number of Topliss-reactive ketones (excluding diaryl/α,β-unsaturated/α-hetero) is 1. The van der Waals surface area contributed by atoms with Crippen molar-refractivity contribution in [3.8, 4) is 11.3 Å². The highest BCUT2D eigenvalue weighted by molar-refractivity contribution is 7.18. The first-order valence-corrected chi connectivity index (χ1v) is 6.58. The van der Waals surface area contributed by atoms with E-state index in [2.05, 4.69) is 10.3 Å². The summed E-state index contributed by atoms with van der Waals surface area (Å²) >= 11 is 1.31. The molecule has 0 spiro atoms. The van der Waals surface area contributed by atoms with Crippen molar-refractivity contribution in [1.29, 1.82) is 0 Å². The molecule has 2 rings (SSSR count). The van der Waals surface area contributed by atoms with Crippen molar-refractivity contribution in [2.75, 3.05) is 12.4 Å². The number of hydrogen-bond acceptors (Lipinski definition) is 6. The van der Waals surface area contributed by atoms with Crippen molar-refractivity contribution in [1.82, 2.24) is 4.98 Å². The van der Waals surface area contributed by atoms with Gasteiger partial charge in [0.15, 0.2) is 10.9 Å². The highest BCUT2D eigenvalue weighted by atomic mass is 32.1. The number of hydrogen-bond donors (Lipinski definition) is 3. The molecule has 4 N–H and O–H groups in total. The number of anilines is 1. The van der Waals surface area contributed by atoms with Crippen molar-refractivity contribution < 1.29 is 9.90 Å². The minimum atomic E-state index is -1.04. The zero-order valence-corrected chi connectivity index (χ0v) is 11.5. The van der Waals surface area contributed by atoms with E-state index in [4.69, 9.17) is 5.73 Å². The summed E-state index contributed by atoms with van der Waals surface area (Å²) in [5, 5.41) is 13.0. The zero-order chi connectivity index (χ0) is 14.0. The van der Waals surface area contributed by atoms with Crippen LogP contribution in [0, 0.1) is 0 Å². The van der Waals surface area contributed by atoms with Crippen molar-refractivity contribution in [2.45, 2.75) is 13.2 Å². The van der Waals surface area contributed by atoms with E-state index in [0.717, 1.165) is 5.56 Å². The average Bonchev–Trinajstić information content (AvgIpc) is 2.83. The van der Waals surface area contributed by atoms with E-state index < -0.39 is 6.23 Å². The summed E-state index contributed by atoms with van der Waals surface area (Å²) < 4.78 is 0. The lowest BCUT2D eigenvalue weighted by Crippen LogP contribution is -2.08. The largest absolute Gasteiger partial charge is 0.375 e. The molecule has 19 heavy (non-hydrogen) atoms. The minimum absolute atomic E-state index is 0.0345. The summed E-state index contributed by atoms with van der Waals surface area (Å²) in [6.07, 6.45) is -1.04. The van der Waals surface area contributed by atoms with Crippen LogP contribution in [0.1, 0.15) is 28.4 Å². The quantitative estimate of drug-likeness (QED) is 0.587. The Kier molecular flexibility index (Phi) is 3.94. The van der Waals surface area contributed by atoms with E-state index in [9.17, 15) is 9.90 Å². The molecule has 0 saturated heterocycles. The van der Waals surface area contributed by atoms with Crippen molar-refractivity contribution in [3.63, 3.8) is 0 Å².